The summed E-state index contributed by atoms with van der Waals surface area (Å²) < 4.78 is 6.19. The molecule has 0 aliphatic heterocycles. The maximum Gasteiger partial charge on any atom is 0.135 e. The smallest absolute Gasteiger partial charge is 0.135 e. The fraction of sp³-hybridized carbons (Fsp3) is 0.286. The van der Waals surface area contributed by atoms with Gasteiger partial charge in [0, 0.05) is 18.2 Å². The third-order valence-corrected chi connectivity index (χ3v) is 2.90. The number of anilines is 2. The number of benzene rings is 1. The van der Waals surface area contributed by atoms with Crippen molar-refractivity contribution < 1.29 is 4.74 Å². The van der Waals surface area contributed by atoms with E-state index in [9.17, 15) is 0 Å². The molecule has 0 fully saturated rings. The van der Waals surface area contributed by atoms with Crippen LogP contribution in [0, 0.1) is 0 Å². The van der Waals surface area contributed by atoms with Crippen molar-refractivity contribution in [2.24, 2.45) is 0 Å². The Labute approximate surface area is 121 Å². The Hall–Kier alpha value is -1.62. The molecule has 1 N–H and O–H groups in total. The molecule has 0 amide bonds. The Morgan fingerprint density at radius 1 is 1.16 bits per heavy atom. The van der Waals surface area contributed by atoms with Gasteiger partial charge in [-0.25, -0.2) is 9.97 Å². The first kappa shape index (κ1) is 13.8. The summed E-state index contributed by atoms with van der Waals surface area (Å²) in [5, 5.41) is 3.25. The van der Waals surface area contributed by atoms with Gasteiger partial charge in [-0.05, 0) is 47.1 Å². The van der Waals surface area contributed by atoms with Crippen LogP contribution in [0.2, 0.25) is 0 Å². The van der Waals surface area contributed by atoms with Gasteiger partial charge in [0.15, 0.2) is 0 Å². The fourth-order valence-electron chi connectivity index (χ4n) is 1.64. The molecular formula is C14H16BrN3O. The van der Waals surface area contributed by atoms with E-state index >= 15 is 0 Å². The van der Waals surface area contributed by atoms with Gasteiger partial charge in [-0.15, -0.1) is 0 Å². The number of hydrogen-bond acceptors (Lipinski definition) is 4. The van der Waals surface area contributed by atoms with Crippen molar-refractivity contribution in [1.82, 2.24) is 9.97 Å². The lowest BCUT2D eigenvalue weighted by Crippen LogP contribution is -1.99. The van der Waals surface area contributed by atoms with E-state index in [1.807, 2.05) is 44.2 Å². The Balaban J connectivity index is 2.14. The predicted octanol–water partition coefficient (Wildman–Crippen LogP) is 3.94. The minimum atomic E-state index is 0.672. The first-order valence-electron chi connectivity index (χ1n) is 6.24. The molecule has 0 saturated heterocycles. The Kier molecular flexibility index (Phi) is 4.74. The first-order valence-corrected chi connectivity index (χ1v) is 7.04. The molecule has 5 heteroatoms. The number of nitrogens with zero attached hydrogens (tertiary/aromatic N) is 2. The minimum Gasteiger partial charge on any atom is -0.494 e. The lowest BCUT2D eigenvalue weighted by Gasteiger charge is -2.08. The van der Waals surface area contributed by atoms with Crippen molar-refractivity contribution in [1.29, 1.82) is 0 Å². The Morgan fingerprint density at radius 3 is 2.53 bits per heavy atom. The van der Waals surface area contributed by atoms with Crippen LogP contribution in [0.25, 0.3) is 0 Å². The molecule has 4 nitrogen and oxygen atoms in total. The van der Waals surface area contributed by atoms with E-state index in [2.05, 4.69) is 31.2 Å². The van der Waals surface area contributed by atoms with E-state index in [4.69, 9.17) is 4.74 Å². The number of aromatic nitrogens is 2. The first-order chi connectivity index (χ1) is 9.21. The van der Waals surface area contributed by atoms with Crippen molar-refractivity contribution in [3.8, 4) is 5.75 Å². The zero-order chi connectivity index (χ0) is 13.7. The van der Waals surface area contributed by atoms with E-state index in [-0.39, 0.29) is 0 Å². The minimum absolute atomic E-state index is 0.672. The highest BCUT2D eigenvalue weighted by atomic mass is 79.9. The van der Waals surface area contributed by atoms with Gasteiger partial charge in [-0.2, -0.15) is 0 Å². The second-order valence-corrected chi connectivity index (χ2v) is 4.74. The summed E-state index contributed by atoms with van der Waals surface area (Å²) in [5.41, 5.74) is 0.969. The lowest BCUT2D eigenvalue weighted by atomic mass is 10.3. The number of halogens is 1. The van der Waals surface area contributed by atoms with Gasteiger partial charge in [0.2, 0.25) is 0 Å². The normalized spacial score (nSPS) is 10.3. The van der Waals surface area contributed by atoms with Crippen molar-refractivity contribution >= 4 is 27.4 Å². The quantitative estimate of drug-likeness (QED) is 0.847. The average Bonchev–Trinajstić information content (AvgIpc) is 2.40. The summed E-state index contributed by atoms with van der Waals surface area (Å²) in [4.78, 5) is 8.70. The lowest BCUT2D eigenvalue weighted by molar-refractivity contribution is 0.340. The predicted molar refractivity (Wildman–Crippen MR) is 80.0 cm³/mol. The Morgan fingerprint density at radius 2 is 1.89 bits per heavy atom. The standard InChI is InChI=1S/C14H16BrN3O/c1-3-13-17-12(15)9-14(18-13)16-10-5-7-11(8-6-10)19-4-2/h5-9H,3-4H2,1-2H3,(H,16,17,18). The van der Waals surface area contributed by atoms with Gasteiger partial charge in [0.25, 0.3) is 0 Å². The molecule has 19 heavy (non-hydrogen) atoms. The molecule has 0 radical (unpaired) electrons. The summed E-state index contributed by atoms with van der Waals surface area (Å²) in [6, 6.07) is 9.65. The van der Waals surface area contributed by atoms with E-state index in [1.165, 1.54) is 0 Å². The Bertz CT molecular complexity index is 543. The third-order valence-electron chi connectivity index (χ3n) is 2.50. The van der Waals surface area contributed by atoms with Gasteiger partial charge in [-0.3, -0.25) is 0 Å². The monoisotopic (exact) mass is 321 g/mol. The number of aryl methyl sites for hydroxylation is 1. The van der Waals surface area contributed by atoms with Crippen LogP contribution in [0.5, 0.6) is 5.75 Å². The molecule has 0 bridgehead atoms. The summed E-state index contributed by atoms with van der Waals surface area (Å²) in [5.74, 6) is 2.46. The second kappa shape index (κ2) is 6.52. The molecule has 0 atom stereocenters. The van der Waals surface area contributed by atoms with Crippen LogP contribution in [-0.2, 0) is 6.42 Å². The molecule has 0 aliphatic rings. The highest BCUT2D eigenvalue weighted by Crippen LogP contribution is 2.20. The van der Waals surface area contributed by atoms with E-state index in [0.717, 1.165) is 34.1 Å². The highest BCUT2D eigenvalue weighted by Gasteiger charge is 2.02. The van der Waals surface area contributed by atoms with Gasteiger partial charge in [0.1, 0.15) is 22.0 Å². The largest absolute Gasteiger partial charge is 0.494 e. The topological polar surface area (TPSA) is 47.0 Å². The molecule has 0 spiro atoms. The molecule has 1 heterocycles. The van der Waals surface area contributed by atoms with E-state index in [1.54, 1.807) is 0 Å². The average molecular weight is 322 g/mol. The second-order valence-electron chi connectivity index (χ2n) is 3.93. The highest BCUT2D eigenvalue weighted by molar-refractivity contribution is 9.10. The van der Waals surface area contributed by atoms with Crippen LogP contribution in [0.15, 0.2) is 34.9 Å². The molecular weight excluding hydrogens is 306 g/mol. The molecule has 2 rings (SSSR count). The van der Waals surface area contributed by atoms with Crippen LogP contribution >= 0.6 is 15.9 Å². The number of rotatable bonds is 5. The number of hydrogen-bond donors (Lipinski definition) is 1. The third kappa shape index (κ3) is 3.92. The SMILES string of the molecule is CCOc1ccc(Nc2cc(Br)nc(CC)n2)cc1. The zero-order valence-corrected chi connectivity index (χ0v) is 12.6. The maximum atomic E-state index is 5.41. The van der Waals surface area contributed by atoms with Crippen LogP contribution in [-0.4, -0.2) is 16.6 Å². The van der Waals surface area contributed by atoms with Crippen LogP contribution < -0.4 is 10.1 Å². The number of ether oxygens (including phenoxy) is 1. The summed E-state index contributed by atoms with van der Waals surface area (Å²) in [6.07, 6.45) is 0.803. The molecule has 0 unspecified atom stereocenters. The van der Waals surface area contributed by atoms with Crippen LogP contribution in [0.1, 0.15) is 19.7 Å². The van der Waals surface area contributed by atoms with Crippen LogP contribution in [0.4, 0.5) is 11.5 Å². The van der Waals surface area contributed by atoms with E-state index < -0.39 is 0 Å². The summed E-state index contributed by atoms with van der Waals surface area (Å²) in [7, 11) is 0. The van der Waals surface area contributed by atoms with Gasteiger partial charge in [-0.1, -0.05) is 6.92 Å². The van der Waals surface area contributed by atoms with Crippen molar-refractivity contribution in [2.75, 3.05) is 11.9 Å². The van der Waals surface area contributed by atoms with Gasteiger partial charge >= 0.3 is 0 Å². The molecule has 2 aromatic rings. The summed E-state index contributed by atoms with van der Waals surface area (Å²) in [6.45, 7) is 4.67. The zero-order valence-electron chi connectivity index (χ0n) is 11.0. The van der Waals surface area contributed by atoms with Crippen LogP contribution in [0.3, 0.4) is 0 Å². The fourth-order valence-corrected chi connectivity index (χ4v) is 2.06. The molecule has 1 aromatic heterocycles. The van der Waals surface area contributed by atoms with E-state index in [0.29, 0.717) is 6.61 Å². The van der Waals surface area contributed by atoms with Crippen molar-refractivity contribution in [3.63, 3.8) is 0 Å². The van der Waals surface area contributed by atoms with Crippen molar-refractivity contribution in [3.05, 3.63) is 40.8 Å². The number of nitrogens with one attached hydrogen (secondary N) is 1. The maximum absolute atomic E-state index is 5.41. The molecule has 0 aliphatic carbocycles. The molecule has 100 valence electrons. The van der Waals surface area contributed by atoms with Gasteiger partial charge in [0.05, 0.1) is 6.61 Å². The molecule has 0 saturated carbocycles. The van der Waals surface area contributed by atoms with Crippen molar-refractivity contribution in [2.45, 2.75) is 20.3 Å². The summed E-state index contributed by atoms with van der Waals surface area (Å²) >= 11 is 3.39. The van der Waals surface area contributed by atoms with Gasteiger partial charge < -0.3 is 10.1 Å². The molecule has 1 aromatic carbocycles.